The molecule has 2 aliphatic carbocycles. The monoisotopic (exact) mass is 1030 g/mol. The summed E-state index contributed by atoms with van der Waals surface area (Å²) in [4.78, 5) is 0. The molecule has 6 heteroatoms. The van der Waals surface area contributed by atoms with Gasteiger partial charge in [0.2, 0.25) is 10.4 Å². The maximum atomic E-state index is 8.63. The van der Waals surface area contributed by atoms with Gasteiger partial charge in [-0.3, -0.25) is 4.55 Å². The van der Waals surface area contributed by atoms with Gasteiger partial charge < -0.3 is 4.55 Å². The highest BCUT2D eigenvalue weighted by molar-refractivity contribution is 7.95. The highest BCUT2D eigenvalue weighted by atomic mass is 32.3. The summed E-state index contributed by atoms with van der Waals surface area (Å²) in [5.74, 6) is 0.788. The average molecular weight is 1040 g/mol. The van der Waals surface area contributed by atoms with Crippen LogP contribution in [0.15, 0.2) is 232 Å². The van der Waals surface area contributed by atoms with Crippen LogP contribution in [0, 0.1) is 16.7 Å². The molecule has 0 atom stereocenters. The van der Waals surface area contributed by atoms with E-state index in [4.69, 9.17) is 17.5 Å². The predicted octanol–water partition coefficient (Wildman–Crippen LogP) is 18.4. The molecule has 1 N–H and O–H groups in total. The lowest BCUT2D eigenvalue weighted by atomic mass is 9.72. The number of allylic oxidation sites excluding steroid dienone is 24. The second kappa shape index (κ2) is 31.7. The Kier molecular flexibility index (Phi) is 27.0. The molecule has 398 valence electrons. The third-order valence-corrected chi connectivity index (χ3v) is 18.3. The summed E-state index contributed by atoms with van der Waals surface area (Å²) in [6, 6.07) is 33.3. The molecule has 3 aromatic carbocycles. The fourth-order valence-electron chi connectivity index (χ4n) is 9.78. The largest absolute Gasteiger partial charge is 0.726 e. The van der Waals surface area contributed by atoms with Gasteiger partial charge in [-0.25, -0.2) is 8.42 Å². The number of rotatable bonds is 19. The topological polar surface area (TPSA) is 77.4 Å². The van der Waals surface area contributed by atoms with Gasteiger partial charge in [0.1, 0.15) is 23.2 Å². The Labute approximate surface area is 451 Å². The van der Waals surface area contributed by atoms with Crippen molar-refractivity contribution in [2.45, 2.75) is 148 Å². The van der Waals surface area contributed by atoms with E-state index in [2.05, 4.69) is 272 Å². The summed E-state index contributed by atoms with van der Waals surface area (Å²) in [7, 11) is -6.76. The lowest BCUT2D eigenvalue weighted by molar-refractivity contribution is 0.366. The molecule has 2 aliphatic rings. The second-order valence-electron chi connectivity index (χ2n) is 22.0. The van der Waals surface area contributed by atoms with Gasteiger partial charge in [0.15, 0.2) is 0 Å². The Bertz CT molecular complexity index is 2540. The predicted molar refractivity (Wildman–Crippen MR) is 326 cm³/mol. The molecule has 0 aromatic heterocycles. The molecule has 0 radical (unpaired) electrons. The lowest BCUT2D eigenvalue weighted by Crippen LogP contribution is -2.33. The van der Waals surface area contributed by atoms with Crippen LogP contribution in [0.4, 0.5) is 0 Å². The van der Waals surface area contributed by atoms with E-state index in [1.807, 2.05) is 0 Å². The molecule has 74 heavy (non-hydrogen) atoms. The zero-order valence-corrected chi connectivity index (χ0v) is 49.2. The van der Waals surface area contributed by atoms with Crippen LogP contribution in [0.5, 0.6) is 0 Å². The van der Waals surface area contributed by atoms with Crippen LogP contribution in [-0.4, -0.2) is 23.7 Å². The van der Waals surface area contributed by atoms with Crippen LogP contribution >= 0.6 is 7.26 Å². The van der Waals surface area contributed by atoms with Crippen molar-refractivity contribution in [2.75, 3.05) is 6.16 Å². The number of hydrogen-bond donors (Lipinski definition) is 1. The van der Waals surface area contributed by atoms with Crippen LogP contribution in [0.25, 0.3) is 0 Å². The van der Waals surface area contributed by atoms with Gasteiger partial charge in [0.05, 0.1) is 6.16 Å². The molecule has 0 fully saturated rings. The molecule has 5 rings (SSSR count). The van der Waals surface area contributed by atoms with E-state index in [0.717, 1.165) is 12.1 Å². The Morgan fingerprint density at radius 1 is 0.595 bits per heavy atom. The summed E-state index contributed by atoms with van der Waals surface area (Å²) >= 11 is 0. The molecule has 0 saturated heterocycles. The molecule has 0 unspecified atom stereocenters. The van der Waals surface area contributed by atoms with Gasteiger partial charge in [-0.05, 0) is 170 Å². The van der Waals surface area contributed by atoms with Crippen LogP contribution in [-0.2, 0) is 10.4 Å². The summed E-state index contributed by atoms with van der Waals surface area (Å²) in [5.41, 5.74) is 13.4. The highest BCUT2D eigenvalue weighted by Gasteiger charge is 2.44. The first kappa shape index (κ1) is 63.1. The maximum Gasteiger partial charge on any atom is 0.215 e. The van der Waals surface area contributed by atoms with Crippen molar-refractivity contribution in [3.8, 4) is 0 Å². The van der Waals surface area contributed by atoms with Gasteiger partial charge in [0.25, 0.3) is 0 Å². The van der Waals surface area contributed by atoms with Gasteiger partial charge in [-0.1, -0.05) is 227 Å². The zero-order chi connectivity index (χ0) is 54.8. The fraction of sp³-hybridized carbons (Fsp3) is 0.382. The molecular formula is C68H91O4PS. The minimum atomic E-state index is -4.92. The Balaban J connectivity index is 0.000000367. The lowest BCUT2D eigenvalue weighted by Gasteiger charge is -2.33. The SMILES string of the molecule is CC(C=CC1=C(C)CCCC1(C)C)=CC=CC=C(C)C=CC1=C(C)CCCC1(C)C.CC(C=CC=C(C)CCCC(C)C)=CC=CC(C)=CC[P+](c1ccccc1)(c1ccccc1)c1ccccc1.O=S(=O)([O-])O. The molecule has 0 saturated carbocycles. The third kappa shape index (κ3) is 23.2. The molecule has 0 amide bonds. The first-order valence-electron chi connectivity index (χ1n) is 26.8. The Morgan fingerprint density at radius 2 is 0.959 bits per heavy atom. The van der Waals surface area contributed by atoms with Crippen molar-refractivity contribution in [1.29, 1.82) is 0 Å². The molecular weight excluding hydrogens is 944 g/mol. The third-order valence-electron chi connectivity index (χ3n) is 14.0. The van der Waals surface area contributed by atoms with Crippen LogP contribution in [0.1, 0.15) is 148 Å². The molecule has 0 bridgehead atoms. The normalized spacial score (nSPS) is 17.5. The molecule has 0 heterocycles. The van der Waals surface area contributed by atoms with E-state index in [-0.39, 0.29) is 0 Å². The van der Waals surface area contributed by atoms with Gasteiger partial charge in [-0.15, -0.1) is 0 Å². The van der Waals surface area contributed by atoms with Crippen molar-refractivity contribution in [1.82, 2.24) is 0 Å². The van der Waals surface area contributed by atoms with Crippen molar-refractivity contribution in [2.24, 2.45) is 16.7 Å². The van der Waals surface area contributed by atoms with Crippen LogP contribution in [0.2, 0.25) is 0 Å². The summed E-state index contributed by atoms with van der Waals surface area (Å²) in [6.07, 6.45) is 46.1. The Hall–Kier alpha value is -5.16. The van der Waals surface area contributed by atoms with Crippen molar-refractivity contribution in [3.63, 3.8) is 0 Å². The van der Waals surface area contributed by atoms with Crippen molar-refractivity contribution >= 4 is 33.6 Å². The quantitative estimate of drug-likeness (QED) is 0.0562. The van der Waals surface area contributed by atoms with Crippen molar-refractivity contribution in [3.05, 3.63) is 232 Å². The van der Waals surface area contributed by atoms with Gasteiger partial charge >= 0.3 is 0 Å². The second-order valence-corrected chi connectivity index (χ2v) is 26.4. The minimum Gasteiger partial charge on any atom is -0.726 e. The Morgan fingerprint density at radius 3 is 1.35 bits per heavy atom. The van der Waals surface area contributed by atoms with E-state index in [0.29, 0.717) is 10.8 Å². The molecule has 0 spiro atoms. The summed E-state index contributed by atoms with van der Waals surface area (Å²) < 4.78 is 32.8. The number of benzene rings is 3. The van der Waals surface area contributed by atoms with E-state index >= 15 is 0 Å². The fourth-order valence-corrected chi connectivity index (χ4v) is 13.9. The summed E-state index contributed by atoms with van der Waals surface area (Å²) in [5, 5.41) is 4.26. The first-order valence-corrected chi connectivity index (χ1v) is 30.2. The van der Waals surface area contributed by atoms with Crippen LogP contribution in [0.3, 0.4) is 0 Å². The molecule has 0 aliphatic heterocycles. The minimum absolute atomic E-state index is 0.307. The zero-order valence-electron chi connectivity index (χ0n) is 47.5. The maximum absolute atomic E-state index is 8.63. The standard InChI is InChI=1S/C38H46P.C30H44.H2O4S/c1-32(2)18-15-19-33(3)20-16-21-34(4)22-17-23-35(5)30-31-39(36-24-9-6-10-25-36,37-26-11-7-12-27-37)38-28-13-8-14-29-38;1-23(17-19-27-25(3)15-11-21-29(27,5)6)13-9-10-14-24(2)18-20-28-26(4)16-12-22-30(28,7)8;1-5(2,3)4/h6-14,16-17,20-30,32H,15,18-19,31H2,1-5H3;9-10,13-14,17-20H,11-12,15-16,21-22H2,1-8H3;(H2,1,2,3,4)/q+1;;/p-1. The smallest absolute Gasteiger partial charge is 0.215 e. The highest BCUT2D eigenvalue weighted by Crippen LogP contribution is 2.55. The van der Waals surface area contributed by atoms with Gasteiger partial charge in [0, 0.05) is 0 Å². The van der Waals surface area contributed by atoms with E-state index < -0.39 is 17.7 Å². The van der Waals surface area contributed by atoms with E-state index in [9.17, 15) is 0 Å². The van der Waals surface area contributed by atoms with E-state index in [1.54, 1.807) is 11.1 Å². The van der Waals surface area contributed by atoms with Crippen molar-refractivity contribution < 1.29 is 17.5 Å². The average Bonchev–Trinajstić information content (AvgIpc) is 3.33. The summed E-state index contributed by atoms with van der Waals surface area (Å²) in [6.45, 7) is 29.7. The van der Waals surface area contributed by atoms with E-state index in [1.165, 1.54) is 113 Å². The molecule has 3 aromatic rings. The molecule has 4 nitrogen and oxygen atoms in total. The number of hydrogen-bond acceptors (Lipinski definition) is 3. The van der Waals surface area contributed by atoms with Crippen LogP contribution < -0.4 is 15.9 Å². The first-order chi connectivity index (χ1) is 34.9. The van der Waals surface area contributed by atoms with Gasteiger partial charge in [-0.2, -0.15) is 0 Å².